The fraction of sp³-hybridized carbons (Fsp3) is 0.909. The molecule has 24 heavy (non-hydrogen) atoms. The molecule has 0 aliphatic rings. The van der Waals surface area contributed by atoms with E-state index in [4.69, 9.17) is 11.6 Å². The van der Waals surface area contributed by atoms with Crippen molar-refractivity contribution in [2.75, 3.05) is 6.54 Å². The van der Waals surface area contributed by atoms with Crippen LogP contribution in [-0.2, 0) is 0 Å². The molecule has 0 aliphatic carbocycles. The Labute approximate surface area is 158 Å². The van der Waals surface area contributed by atoms with Crippen LogP contribution < -0.4 is 5.32 Å². The molecule has 144 valence electrons. The van der Waals surface area contributed by atoms with Crippen molar-refractivity contribution in [1.82, 2.24) is 5.32 Å². The maximum Gasteiger partial charge on any atom is 0.0725 e. The van der Waals surface area contributed by atoms with E-state index >= 15 is 0 Å². The number of halogens is 1. The van der Waals surface area contributed by atoms with Gasteiger partial charge in [0.1, 0.15) is 0 Å². The predicted molar refractivity (Wildman–Crippen MR) is 112 cm³/mol. The van der Waals surface area contributed by atoms with E-state index in [0.717, 1.165) is 25.1 Å². The summed E-state index contributed by atoms with van der Waals surface area (Å²) in [7, 11) is 0. The molecule has 0 aromatic heterocycles. The van der Waals surface area contributed by atoms with Gasteiger partial charge in [0.25, 0.3) is 0 Å². The van der Waals surface area contributed by atoms with Gasteiger partial charge in [0.15, 0.2) is 0 Å². The van der Waals surface area contributed by atoms with Gasteiger partial charge in [-0.05, 0) is 12.8 Å². The summed E-state index contributed by atoms with van der Waals surface area (Å²) in [5, 5.41) is 3.41. The highest BCUT2D eigenvalue weighted by atomic mass is 35.5. The van der Waals surface area contributed by atoms with E-state index in [2.05, 4.69) is 25.7 Å². The second-order valence-corrected chi connectivity index (χ2v) is 7.83. The predicted octanol–water partition coefficient (Wildman–Crippen LogP) is 7.98. The largest absolute Gasteiger partial charge is 0.388 e. The molecular formula is C22H44ClN. The molecule has 0 amide bonds. The van der Waals surface area contributed by atoms with Crippen LogP contribution in [0.2, 0.25) is 0 Å². The van der Waals surface area contributed by atoms with Gasteiger partial charge in [-0.2, -0.15) is 0 Å². The van der Waals surface area contributed by atoms with Gasteiger partial charge in [0.05, 0.1) is 5.38 Å². The quantitative estimate of drug-likeness (QED) is 0.182. The van der Waals surface area contributed by atoms with E-state index in [1.807, 2.05) is 0 Å². The molecule has 0 heterocycles. The molecule has 0 saturated carbocycles. The average molecular weight is 358 g/mol. The monoisotopic (exact) mass is 357 g/mol. The van der Waals surface area contributed by atoms with Crippen molar-refractivity contribution < 1.29 is 0 Å². The molecule has 1 N–H and O–H groups in total. The summed E-state index contributed by atoms with van der Waals surface area (Å²) < 4.78 is 0. The minimum absolute atomic E-state index is 0.105. The first-order chi connectivity index (χ1) is 11.7. The van der Waals surface area contributed by atoms with Crippen LogP contribution in [0.4, 0.5) is 0 Å². The molecule has 0 rings (SSSR count). The van der Waals surface area contributed by atoms with Crippen molar-refractivity contribution >= 4 is 11.6 Å². The SMILES string of the molecule is C=C(NCCC)C(Cl)CCCCCCCCCCCCCCCC. The van der Waals surface area contributed by atoms with Gasteiger partial charge in [-0.3, -0.25) is 0 Å². The first-order valence-electron chi connectivity index (χ1n) is 10.8. The van der Waals surface area contributed by atoms with Crippen molar-refractivity contribution in [3.63, 3.8) is 0 Å². The molecule has 2 heteroatoms. The number of hydrogen-bond donors (Lipinski definition) is 1. The standard InChI is InChI=1S/C22H44ClN/c1-4-6-7-8-9-10-11-12-13-14-15-16-17-18-19-22(23)21(3)24-20-5-2/h22,24H,3-20H2,1-2H3. The van der Waals surface area contributed by atoms with Crippen LogP contribution in [0.25, 0.3) is 0 Å². The molecule has 0 spiro atoms. The Hall–Kier alpha value is -0.170. The molecule has 1 unspecified atom stereocenters. The van der Waals surface area contributed by atoms with Crippen LogP contribution >= 0.6 is 11.6 Å². The smallest absolute Gasteiger partial charge is 0.0725 e. The first-order valence-corrected chi connectivity index (χ1v) is 11.2. The van der Waals surface area contributed by atoms with Crippen LogP contribution in [0, 0.1) is 0 Å². The summed E-state index contributed by atoms with van der Waals surface area (Å²) in [6.07, 6.45) is 21.9. The van der Waals surface area contributed by atoms with Crippen LogP contribution in [0.15, 0.2) is 12.3 Å². The molecule has 0 saturated heterocycles. The van der Waals surface area contributed by atoms with Gasteiger partial charge in [-0.25, -0.2) is 0 Å². The highest BCUT2D eigenvalue weighted by Crippen LogP contribution is 2.17. The number of unbranched alkanes of at least 4 members (excludes halogenated alkanes) is 13. The molecule has 0 aromatic carbocycles. The third-order valence-corrected chi connectivity index (χ3v) is 5.27. The molecular weight excluding hydrogens is 314 g/mol. The van der Waals surface area contributed by atoms with Gasteiger partial charge >= 0.3 is 0 Å². The fourth-order valence-corrected chi connectivity index (χ4v) is 3.32. The highest BCUT2D eigenvalue weighted by Gasteiger charge is 2.07. The Balaban J connectivity index is 3.18. The van der Waals surface area contributed by atoms with Gasteiger partial charge in [0.2, 0.25) is 0 Å². The van der Waals surface area contributed by atoms with E-state index < -0.39 is 0 Å². The van der Waals surface area contributed by atoms with Crippen molar-refractivity contribution in [1.29, 1.82) is 0 Å². The van der Waals surface area contributed by atoms with E-state index in [1.54, 1.807) is 0 Å². The minimum atomic E-state index is 0.105. The lowest BCUT2D eigenvalue weighted by molar-refractivity contribution is 0.531. The van der Waals surface area contributed by atoms with Crippen LogP contribution in [0.3, 0.4) is 0 Å². The minimum Gasteiger partial charge on any atom is -0.388 e. The zero-order chi connectivity index (χ0) is 17.9. The maximum absolute atomic E-state index is 6.36. The maximum atomic E-state index is 6.36. The Bertz CT molecular complexity index is 265. The Morgan fingerprint density at radius 2 is 1.12 bits per heavy atom. The lowest BCUT2D eigenvalue weighted by Gasteiger charge is -2.14. The van der Waals surface area contributed by atoms with E-state index in [9.17, 15) is 0 Å². The molecule has 1 nitrogen and oxygen atoms in total. The summed E-state index contributed by atoms with van der Waals surface area (Å²) in [6, 6.07) is 0. The number of alkyl halides is 1. The number of rotatable bonds is 19. The zero-order valence-corrected chi connectivity index (χ0v) is 17.4. The summed E-state index contributed by atoms with van der Waals surface area (Å²) in [6.45, 7) is 9.47. The zero-order valence-electron chi connectivity index (χ0n) is 16.7. The molecule has 0 aliphatic heterocycles. The van der Waals surface area contributed by atoms with Gasteiger partial charge < -0.3 is 5.32 Å². The Morgan fingerprint density at radius 3 is 1.54 bits per heavy atom. The van der Waals surface area contributed by atoms with Gasteiger partial charge in [-0.15, -0.1) is 11.6 Å². The number of allylic oxidation sites excluding steroid dienone is 1. The molecule has 1 atom stereocenters. The highest BCUT2D eigenvalue weighted by molar-refractivity contribution is 6.22. The van der Waals surface area contributed by atoms with Crippen LogP contribution in [-0.4, -0.2) is 11.9 Å². The third-order valence-electron chi connectivity index (χ3n) is 4.79. The average Bonchev–Trinajstić information content (AvgIpc) is 2.59. The van der Waals surface area contributed by atoms with Crippen LogP contribution in [0.1, 0.15) is 117 Å². The van der Waals surface area contributed by atoms with Crippen molar-refractivity contribution in [2.45, 2.75) is 122 Å². The Kier molecular flexibility index (Phi) is 19.0. The van der Waals surface area contributed by atoms with E-state index in [0.29, 0.717) is 0 Å². The molecule has 0 radical (unpaired) electrons. The number of nitrogens with one attached hydrogen (secondary N) is 1. The molecule has 0 fully saturated rings. The lowest BCUT2D eigenvalue weighted by atomic mass is 10.0. The second kappa shape index (κ2) is 19.2. The van der Waals surface area contributed by atoms with Crippen molar-refractivity contribution in [3.8, 4) is 0 Å². The van der Waals surface area contributed by atoms with Crippen LogP contribution in [0.5, 0.6) is 0 Å². The van der Waals surface area contributed by atoms with Gasteiger partial charge in [0, 0.05) is 12.2 Å². The normalized spacial score (nSPS) is 12.3. The summed E-state index contributed by atoms with van der Waals surface area (Å²) in [5.41, 5.74) is 1.01. The summed E-state index contributed by atoms with van der Waals surface area (Å²) in [4.78, 5) is 0. The van der Waals surface area contributed by atoms with E-state index in [-0.39, 0.29) is 5.38 Å². The summed E-state index contributed by atoms with van der Waals surface area (Å²) >= 11 is 6.36. The third kappa shape index (κ3) is 16.7. The Morgan fingerprint density at radius 1 is 0.708 bits per heavy atom. The first kappa shape index (κ1) is 23.8. The van der Waals surface area contributed by atoms with Gasteiger partial charge in [-0.1, -0.05) is 110 Å². The fourth-order valence-electron chi connectivity index (χ4n) is 3.09. The van der Waals surface area contributed by atoms with Crippen molar-refractivity contribution in [2.24, 2.45) is 0 Å². The number of hydrogen-bond acceptors (Lipinski definition) is 1. The molecule has 0 aromatic rings. The van der Waals surface area contributed by atoms with E-state index in [1.165, 1.54) is 89.9 Å². The van der Waals surface area contributed by atoms with Crippen molar-refractivity contribution in [3.05, 3.63) is 12.3 Å². The molecule has 0 bridgehead atoms. The topological polar surface area (TPSA) is 12.0 Å². The summed E-state index contributed by atoms with van der Waals surface area (Å²) in [5.74, 6) is 0. The second-order valence-electron chi connectivity index (χ2n) is 7.30. The lowest BCUT2D eigenvalue weighted by Crippen LogP contribution is -2.20.